The molecular formula is C24H24F4N2O5. The van der Waals surface area contributed by atoms with E-state index in [1.165, 1.54) is 45.2 Å². The molecular weight excluding hydrogens is 472 g/mol. The highest BCUT2D eigenvalue weighted by atomic mass is 19.4. The first kappa shape index (κ1) is 26.1. The van der Waals surface area contributed by atoms with Gasteiger partial charge < -0.3 is 20.0 Å². The van der Waals surface area contributed by atoms with E-state index < -0.39 is 41.4 Å². The summed E-state index contributed by atoms with van der Waals surface area (Å²) < 4.78 is 61.4. The van der Waals surface area contributed by atoms with E-state index in [2.05, 4.69) is 10.5 Å². The van der Waals surface area contributed by atoms with Crippen molar-refractivity contribution in [2.45, 2.75) is 50.5 Å². The molecule has 2 unspecified atom stereocenters. The maximum Gasteiger partial charge on any atom is 0.426 e. The number of benzene rings is 2. The molecule has 1 aliphatic heterocycles. The number of oxime groups is 1. The highest BCUT2D eigenvalue weighted by molar-refractivity contribution is 6.04. The number of alkyl halides is 3. The normalized spacial score (nSPS) is 17.4. The number of nitrogens with one attached hydrogen (secondary N) is 1. The fourth-order valence-corrected chi connectivity index (χ4v) is 4.02. The number of nitrogens with zero attached hydrogens (tertiary/aromatic N) is 1. The van der Waals surface area contributed by atoms with Crippen LogP contribution in [0.1, 0.15) is 50.0 Å². The van der Waals surface area contributed by atoms with Gasteiger partial charge in [0.15, 0.2) is 6.29 Å². The third kappa shape index (κ3) is 5.00. The van der Waals surface area contributed by atoms with Crippen LogP contribution in [0.3, 0.4) is 0 Å². The number of aldehydes is 1. The molecule has 0 bridgehead atoms. The van der Waals surface area contributed by atoms with E-state index >= 15 is 0 Å². The second kappa shape index (κ2) is 9.29. The predicted molar refractivity (Wildman–Crippen MR) is 119 cm³/mol. The van der Waals surface area contributed by atoms with E-state index in [1.54, 1.807) is 6.92 Å². The van der Waals surface area contributed by atoms with E-state index in [-0.39, 0.29) is 17.0 Å². The van der Waals surface area contributed by atoms with Crippen molar-refractivity contribution in [3.8, 4) is 5.75 Å². The number of carbonyl (C=O) groups is 2. The maximum absolute atomic E-state index is 14.1. The fraction of sp³-hybridized carbons (Fsp3) is 0.375. The zero-order valence-corrected chi connectivity index (χ0v) is 19.4. The van der Waals surface area contributed by atoms with Crippen molar-refractivity contribution in [1.29, 1.82) is 0 Å². The second-order valence-electron chi connectivity index (χ2n) is 8.86. The van der Waals surface area contributed by atoms with Gasteiger partial charge in [-0.1, -0.05) is 25.1 Å². The van der Waals surface area contributed by atoms with Crippen LogP contribution in [-0.2, 0) is 19.8 Å². The third-order valence-electron chi connectivity index (χ3n) is 5.87. The van der Waals surface area contributed by atoms with Crippen molar-refractivity contribution in [3.05, 3.63) is 58.9 Å². The van der Waals surface area contributed by atoms with Gasteiger partial charge in [-0.3, -0.25) is 9.59 Å². The molecule has 0 aliphatic carbocycles. The number of hydrogen-bond donors (Lipinski definition) is 2. The molecule has 2 aromatic carbocycles. The van der Waals surface area contributed by atoms with Gasteiger partial charge >= 0.3 is 6.18 Å². The lowest BCUT2D eigenvalue weighted by Gasteiger charge is -2.37. The number of hydrogen-bond acceptors (Lipinski definition) is 6. The fourth-order valence-electron chi connectivity index (χ4n) is 4.02. The minimum absolute atomic E-state index is 0.0518. The Morgan fingerprint density at radius 3 is 2.51 bits per heavy atom. The summed E-state index contributed by atoms with van der Waals surface area (Å²) in [5, 5.41) is 16.6. The average molecular weight is 496 g/mol. The average Bonchev–Trinajstić information content (AvgIpc) is 2.78. The Hall–Kier alpha value is -3.47. The number of fused-ring (bicyclic) bond motifs is 1. The Balaban J connectivity index is 1.96. The molecule has 3 rings (SSSR count). The lowest BCUT2D eigenvalue weighted by molar-refractivity contribution is -0.254. The molecule has 0 spiro atoms. The zero-order chi connectivity index (χ0) is 26.2. The Kier molecular flexibility index (Phi) is 6.94. The Morgan fingerprint density at radius 2 is 1.91 bits per heavy atom. The number of amides is 1. The van der Waals surface area contributed by atoms with Gasteiger partial charge in [0.05, 0.1) is 12.8 Å². The van der Waals surface area contributed by atoms with Crippen molar-refractivity contribution in [2.75, 3.05) is 12.4 Å². The highest BCUT2D eigenvalue weighted by Crippen LogP contribution is 2.44. The molecule has 188 valence electrons. The SMILES string of the molecule is COc1ccc(F)cc1C(C)(C)CC(O)(C(=O)Nc1ccc2c(c1)C(C)=NOC2C=O)C(F)(F)F. The van der Waals surface area contributed by atoms with E-state index in [1.807, 2.05) is 0 Å². The number of rotatable bonds is 7. The summed E-state index contributed by atoms with van der Waals surface area (Å²) in [5.74, 6) is -2.32. The van der Waals surface area contributed by atoms with Crippen LogP contribution < -0.4 is 10.1 Å². The Bertz CT molecular complexity index is 1180. The zero-order valence-electron chi connectivity index (χ0n) is 19.4. The van der Waals surface area contributed by atoms with Crippen LogP contribution in [0, 0.1) is 5.82 Å². The Labute approximate surface area is 198 Å². The van der Waals surface area contributed by atoms with Crippen molar-refractivity contribution in [2.24, 2.45) is 5.16 Å². The first-order valence-electron chi connectivity index (χ1n) is 10.5. The van der Waals surface area contributed by atoms with E-state index in [9.17, 15) is 32.3 Å². The van der Waals surface area contributed by atoms with Gasteiger partial charge in [-0.15, -0.1) is 0 Å². The first-order valence-corrected chi connectivity index (χ1v) is 10.5. The summed E-state index contributed by atoms with van der Waals surface area (Å²) in [6.07, 6.45) is -6.97. The standard InChI is InChI=1S/C24H24F4N2O5/c1-13-17-10-15(6-7-16(17)20(11-31)35-30-13)29-21(32)23(33,24(26,27)28)12-22(2,3)18-9-14(25)5-8-19(18)34-4/h5-11,20,33H,12H2,1-4H3,(H,29,32). The number of halogens is 4. The van der Waals surface area contributed by atoms with Crippen LogP contribution in [0.2, 0.25) is 0 Å². The first-order chi connectivity index (χ1) is 16.2. The molecule has 2 atom stereocenters. The van der Waals surface area contributed by atoms with Gasteiger partial charge in [0.25, 0.3) is 5.91 Å². The topological polar surface area (TPSA) is 97.2 Å². The summed E-state index contributed by atoms with van der Waals surface area (Å²) in [4.78, 5) is 29.1. The van der Waals surface area contributed by atoms with Crippen LogP contribution in [0.4, 0.5) is 23.2 Å². The number of anilines is 1. The van der Waals surface area contributed by atoms with Crippen LogP contribution in [0.25, 0.3) is 0 Å². The van der Waals surface area contributed by atoms with E-state index in [4.69, 9.17) is 9.57 Å². The molecule has 1 heterocycles. The maximum atomic E-state index is 14.1. The van der Waals surface area contributed by atoms with E-state index in [0.29, 0.717) is 23.1 Å². The monoisotopic (exact) mass is 496 g/mol. The minimum Gasteiger partial charge on any atom is -0.496 e. The quantitative estimate of drug-likeness (QED) is 0.437. The molecule has 35 heavy (non-hydrogen) atoms. The molecule has 0 saturated heterocycles. The van der Waals surface area contributed by atoms with Gasteiger partial charge in [-0.25, -0.2) is 4.39 Å². The van der Waals surface area contributed by atoms with Crippen LogP contribution >= 0.6 is 0 Å². The van der Waals surface area contributed by atoms with Gasteiger partial charge in [0.1, 0.15) is 11.6 Å². The van der Waals surface area contributed by atoms with Crippen LogP contribution in [-0.4, -0.2) is 41.9 Å². The smallest absolute Gasteiger partial charge is 0.426 e. The summed E-state index contributed by atoms with van der Waals surface area (Å²) in [5.41, 5.74) is -4.21. The van der Waals surface area contributed by atoms with Gasteiger partial charge in [-0.05, 0) is 42.7 Å². The molecule has 1 amide bonds. The lowest BCUT2D eigenvalue weighted by Crippen LogP contribution is -2.57. The lowest BCUT2D eigenvalue weighted by atomic mass is 9.74. The van der Waals surface area contributed by atoms with Gasteiger partial charge in [-0.2, -0.15) is 13.2 Å². The molecule has 0 fully saturated rings. The predicted octanol–water partition coefficient (Wildman–Crippen LogP) is 4.43. The summed E-state index contributed by atoms with van der Waals surface area (Å²) in [6, 6.07) is 7.38. The number of aliphatic hydroxyl groups is 1. The molecule has 0 saturated carbocycles. The van der Waals surface area contributed by atoms with Crippen molar-refractivity contribution in [3.63, 3.8) is 0 Å². The van der Waals surface area contributed by atoms with Crippen molar-refractivity contribution >= 4 is 23.6 Å². The van der Waals surface area contributed by atoms with Gasteiger partial charge in [0, 0.05) is 28.8 Å². The van der Waals surface area contributed by atoms with E-state index in [0.717, 1.165) is 12.1 Å². The molecule has 1 aliphatic rings. The third-order valence-corrected chi connectivity index (χ3v) is 5.87. The second-order valence-corrected chi connectivity index (χ2v) is 8.86. The largest absolute Gasteiger partial charge is 0.496 e. The number of ether oxygens (including phenoxy) is 1. The number of carbonyl (C=O) groups excluding carboxylic acids is 2. The molecule has 7 nitrogen and oxygen atoms in total. The summed E-state index contributed by atoms with van der Waals surface area (Å²) in [7, 11) is 1.27. The molecule has 2 aromatic rings. The molecule has 2 N–H and O–H groups in total. The highest BCUT2D eigenvalue weighted by Gasteiger charge is 2.61. The van der Waals surface area contributed by atoms with Gasteiger partial charge in [0.2, 0.25) is 11.7 Å². The molecule has 0 aromatic heterocycles. The molecule has 11 heteroatoms. The minimum atomic E-state index is -5.36. The summed E-state index contributed by atoms with van der Waals surface area (Å²) in [6.45, 7) is 4.24. The van der Waals surface area contributed by atoms with Crippen molar-refractivity contribution < 1.29 is 41.8 Å². The Morgan fingerprint density at radius 1 is 1.23 bits per heavy atom. The van der Waals surface area contributed by atoms with Crippen molar-refractivity contribution in [1.82, 2.24) is 0 Å². The summed E-state index contributed by atoms with van der Waals surface area (Å²) >= 11 is 0. The molecule has 0 radical (unpaired) electrons. The number of methoxy groups -OCH3 is 1. The van der Waals surface area contributed by atoms with Crippen LogP contribution in [0.15, 0.2) is 41.6 Å². The van der Waals surface area contributed by atoms with Crippen LogP contribution in [0.5, 0.6) is 5.75 Å².